The summed E-state index contributed by atoms with van der Waals surface area (Å²) in [4.78, 5) is 0. The van der Waals surface area contributed by atoms with E-state index in [-0.39, 0.29) is 0 Å². The molecule has 76 valence electrons. The molecule has 0 aromatic heterocycles. The summed E-state index contributed by atoms with van der Waals surface area (Å²) in [7, 11) is 0. The van der Waals surface area contributed by atoms with E-state index in [1.165, 1.54) is 11.3 Å². The van der Waals surface area contributed by atoms with Crippen molar-refractivity contribution in [2.75, 3.05) is 17.1 Å². The van der Waals surface area contributed by atoms with Crippen LogP contribution in [0.1, 0.15) is 12.0 Å². The van der Waals surface area contributed by atoms with Gasteiger partial charge in [-0.1, -0.05) is 18.2 Å². The van der Waals surface area contributed by atoms with Crippen LogP contribution in [0.3, 0.4) is 0 Å². The number of rotatable bonds is 3. The van der Waals surface area contributed by atoms with Gasteiger partial charge in [0, 0.05) is 36.8 Å². The molecule has 1 aromatic rings. The second kappa shape index (κ2) is 4.91. The van der Waals surface area contributed by atoms with Crippen LogP contribution < -0.4 is 4.72 Å². The van der Waals surface area contributed by atoms with Gasteiger partial charge < -0.3 is 4.72 Å². The molecule has 14 heavy (non-hydrogen) atoms. The number of alkyl halides is 1. The van der Waals surface area contributed by atoms with Crippen molar-refractivity contribution in [2.24, 2.45) is 0 Å². The third-order valence-electron chi connectivity index (χ3n) is 2.19. The van der Waals surface area contributed by atoms with E-state index in [1.54, 1.807) is 12.1 Å². The highest BCUT2D eigenvalue weighted by atomic mass is 35.5. The van der Waals surface area contributed by atoms with E-state index in [9.17, 15) is 0 Å². The normalized spacial score (nSPS) is 16.1. The van der Waals surface area contributed by atoms with E-state index in [4.69, 9.17) is 11.6 Å². The molecule has 1 N–H and O–H groups in total. The lowest BCUT2D eigenvalue weighted by Gasteiger charge is -2.27. The molecule has 0 aliphatic carbocycles. The Kier molecular flexibility index (Phi) is 3.56. The van der Waals surface area contributed by atoms with Crippen molar-refractivity contribution in [1.29, 1.82) is 0 Å². The van der Waals surface area contributed by atoms with Gasteiger partial charge in [0.15, 0.2) is 0 Å². The molecule has 0 atom stereocenters. The molecule has 0 spiro atoms. The van der Waals surface area contributed by atoms with Crippen molar-refractivity contribution in [2.45, 2.75) is 13.0 Å². The zero-order chi connectivity index (χ0) is 9.80. The Morgan fingerprint density at radius 3 is 3.14 bits per heavy atom. The molecule has 0 fully saturated rings. The van der Waals surface area contributed by atoms with Crippen LogP contribution in [-0.4, -0.2) is 16.7 Å². The average Bonchev–Trinajstić information content (AvgIpc) is 2.26. The SMILES string of the molecule is ClCCCN1Cc2ccccc2NS1. The van der Waals surface area contributed by atoms with Gasteiger partial charge >= 0.3 is 0 Å². The van der Waals surface area contributed by atoms with Gasteiger partial charge in [-0.05, 0) is 18.1 Å². The second-order valence-electron chi connectivity index (χ2n) is 3.26. The first-order valence-electron chi connectivity index (χ1n) is 4.72. The van der Waals surface area contributed by atoms with E-state index in [2.05, 4.69) is 33.3 Å². The molecular formula is C10H13ClN2S. The van der Waals surface area contributed by atoms with Crippen molar-refractivity contribution in [3.63, 3.8) is 0 Å². The first kappa shape index (κ1) is 10.1. The lowest BCUT2D eigenvalue weighted by Crippen LogP contribution is -2.23. The Labute approximate surface area is 93.9 Å². The monoisotopic (exact) mass is 228 g/mol. The lowest BCUT2D eigenvalue weighted by atomic mass is 10.2. The van der Waals surface area contributed by atoms with Gasteiger partial charge in [-0.25, -0.2) is 4.31 Å². The molecule has 0 amide bonds. The minimum absolute atomic E-state index is 0.735. The number of fused-ring (bicyclic) bond motifs is 1. The van der Waals surface area contributed by atoms with Crippen molar-refractivity contribution in [3.8, 4) is 0 Å². The van der Waals surface area contributed by atoms with Crippen molar-refractivity contribution < 1.29 is 0 Å². The summed E-state index contributed by atoms with van der Waals surface area (Å²) < 4.78 is 5.62. The first-order chi connectivity index (χ1) is 6.90. The molecule has 1 aromatic carbocycles. The van der Waals surface area contributed by atoms with Crippen molar-refractivity contribution in [1.82, 2.24) is 4.31 Å². The van der Waals surface area contributed by atoms with Gasteiger partial charge in [0.1, 0.15) is 0 Å². The van der Waals surface area contributed by atoms with Crippen LogP contribution >= 0.6 is 23.7 Å². The number of nitrogens with zero attached hydrogens (tertiary/aromatic N) is 1. The fourth-order valence-corrected chi connectivity index (χ4v) is 2.42. The molecule has 2 nitrogen and oxygen atoms in total. The molecule has 0 saturated carbocycles. The topological polar surface area (TPSA) is 15.3 Å². The van der Waals surface area contributed by atoms with Crippen LogP contribution in [-0.2, 0) is 6.54 Å². The number of anilines is 1. The Morgan fingerprint density at radius 1 is 1.43 bits per heavy atom. The molecule has 1 aliphatic heterocycles. The van der Waals surface area contributed by atoms with Crippen LogP contribution in [0.5, 0.6) is 0 Å². The number of nitrogens with one attached hydrogen (secondary N) is 1. The fourth-order valence-electron chi connectivity index (χ4n) is 1.45. The summed E-state index contributed by atoms with van der Waals surface area (Å²) in [6.07, 6.45) is 1.04. The summed E-state index contributed by atoms with van der Waals surface area (Å²) in [6, 6.07) is 8.41. The van der Waals surface area contributed by atoms with Gasteiger partial charge in [-0.3, -0.25) is 0 Å². The van der Waals surface area contributed by atoms with Crippen LogP contribution in [0.4, 0.5) is 5.69 Å². The number of halogens is 1. The number of para-hydroxylation sites is 1. The van der Waals surface area contributed by atoms with Crippen molar-refractivity contribution >= 4 is 29.4 Å². The standard InChI is InChI=1S/C10H13ClN2S/c11-6-3-7-13-8-9-4-1-2-5-10(9)12-14-13/h1-2,4-5,12H,3,6-8H2. The third-order valence-corrected chi connectivity index (χ3v) is 3.34. The molecule has 1 heterocycles. The summed E-state index contributed by atoms with van der Waals surface area (Å²) in [5.74, 6) is 0.735. The molecule has 0 radical (unpaired) electrons. The summed E-state index contributed by atoms with van der Waals surface area (Å²) in [5.41, 5.74) is 2.60. The largest absolute Gasteiger partial charge is 0.316 e. The minimum Gasteiger partial charge on any atom is -0.316 e. The molecule has 0 unspecified atom stereocenters. The highest BCUT2D eigenvalue weighted by Crippen LogP contribution is 2.29. The molecular weight excluding hydrogens is 216 g/mol. The van der Waals surface area contributed by atoms with E-state index in [0.717, 1.165) is 25.4 Å². The van der Waals surface area contributed by atoms with Crippen LogP contribution in [0.15, 0.2) is 24.3 Å². The molecule has 0 bridgehead atoms. The Balaban J connectivity index is 1.99. The van der Waals surface area contributed by atoms with Crippen LogP contribution in [0.2, 0.25) is 0 Å². The van der Waals surface area contributed by atoms with E-state index in [0.29, 0.717) is 0 Å². The van der Waals surface area contributed by atoms with Gasteiger partial charge in [0.2, 0.25) is 0 Å². The molecule has 4 heteroatoms. The van der Waals surface area contributed by atoms with Crippen LogP contribution in [0.25, 0.3) is 0 Å². The third kappa shape index (κ3) is 2.35. The van der Waals surface area contributed by atoms with Gasteiger partial charge in [0.05, 0.1) is 0 Å². The molecule has 0 saturated heterocycles. The fraction of sp³-hybridized carbons (Fsp3) is 0.400. The minimum atomic E-state index is 0.735. The van der Waals surface area contributed by atoms with E-state index >= 15 is 0 Å². The predicted octanol–water partition coefficient (Wildman–Crippen LogP) is 3.11. The highest BCUT2D eigenvalue weighted by molar-refractivity contribution is 7.98. The number of hydrogen-bond donors (Lipinski definition) is 1. The summed E-state index contributed by atoms with van der Waals surface area (Å²) in [6.45, 7) is 2.04. The zero-order valence-electron chi connectivity index (χ0n) is 7.87. The number of hydrogen-bond acceptors (Lipinski definition) is 3. The lowest BCUT2D eigenvalue weighted by molar-refractivity contribution is 0.464. The van der Waals surface area contributed by atoms with Crippen LogP contribution in [0, 0.1) is 0 Å². The second-order valence-corrected chi connectivity index (χ2v) is 4.54. The predicted molar refractivity (Wildman–Crippen MR) is 63.4 cm³/mol. The van der Waals surface area contributed by atoms with Gasteiger partial charge in [0.25, 0.3) is 0 Å². The van der Waals surface area contributed by atoms with Gasteiger partial charge in [-0.2, -0.15) is 0 Å². The smallest absolute Gasteiger partial charge is 0.0497 e. The van der Waals surface area contributed by atoms with E-state index < -0.39 is 0 Å². The average molecular weight is 229 g/mol. The first-order valence-corrected chi connectivity index (χ1v) is 6.03. The number of benzene rings is 1. The maximum Gasteiger partial charge on any atom is 0.0497 e. The molecule has 1 aliphatic rings. The maximum absolute atomic E-state index is 5.66. The Hall–Kier alpha value is -0.380. The quantitative estimate of drug-likeness (QED) is 0.632. The Morgan fingerprint density at radius 2 is 2.29 bits per heavy atom. The molecule has 2 rings (SSSR count). The Bertz CT molecular complexity index is 306. The van der Waals surface area contributed by atoms with Gasteiger partial charge in [-0.15, -0.1) is 11.6 Å². The van der Waals surface area contributed by atoms with E-state index in [1.807, 2.05) is 0 Å². The summed E-state index contributed by atoms with van der Waals surface area (Å²) >= 11 is 7.34. The zero-order valence-corrected chi connectivity index (χ0v) is 9.44. The summed E-state index contributed by atoms with van der Waals surface area (Å²) in [5, 5.41) is 0. The highest BCUT2D eigenvalue weighted by Gasteiger charge is 2.14. The maximum atomic E-state index is 5.66. The van der Waals surface area contributed by atoms with Crippen molar-refractivity contribution in [3.05, 3.63) is 29.8 Å².